The molecule has 0 aromatic heterocycles. The predicted molar refractivity (Wildman–Crippen MR) is 42.2 cm³/mol. The molecule has 1 aliphatic rings. The molecule has 0 bridgehead atoms. The summed E-state index contributed by atoms with van der Waals surface area (Å²) in [5, 5.41) is 0. The van der Waals surface area contributed by atoms with E-state index in [1.807, 2.05) is 0 Å². The van der Waals surface area contributed by atoms with Gasteiger partial charge in [-0.15, -0.1) is 0 Å². The molecule has 1 nitrogen and oxygen atoms in total. The van der Waals surface area contributed by atoms with Crippen molar-refractivity contribution < 1.29 is 4.52 Å². The maximum atomic E-state index is 5.02. The molecule has 0 aromatic carbocycles. The molecule has 0 aromatic rings. The minimum Gasteiger partial charge on any atom is -0.365 e. The molecule has 54 valence electrons. The van der Waals surface area contributed by atoms with Crippen LogP contribution < -0.4 is 0 Å². The summed E-state index contributed by atoms with van der Waals surface area (Å²) in [7, 11) is 2.32. The van der Waals surface area contributed by atoms with Crippen LogP contribution in [0.3, 0.4) is 0 Å². The van der Waals surface area contributed by atoms with Crippen molar-refractivity contribution in [1.29, 1.82) is 0 Å². The van der Waals surface area contributed by atoms with Gasteiger partial charge in [-0.3, -0.25) is 0 Å². The average molecular weight is 146 g/mol. The van der Waals surface area contributed by atoms with Crippen LogP contribution in [0.1, 0.15) is 26.7 Å². The third kappa shape index (κ3) is 1.45. The van der Waals surface area contributed by atoms with E-state index in [0.717, 1.165) is 12.5 Å². The van der Waals surface area contributed by atoms with Crippen molar-refractivity contribution in [3.8, 4) is 0 Å². The molecule has 1 saturated carbocycles. The second-order valence-corrected chi connectivity index (χ2v) is 3.61. The molecule has 1 aliphatic carbocycles. The third-order valence-electron chi connectivity index (χ3n) is 2.44. The smallest absolute Gasteiger partial charge is 0.0558 e. The molecular formula is C7H15OP. The summed E-state index contributed by atoms with van der Waals surface area (Å²) in [5.41, 5.74) is 0.524. The Morgan fingerprint density at radius 2 is 2.44 bits per heavy atom. The summed E-state index contributed by atoms with van der Waals surface area (Å²) in [4.78, 5) is 0. The van der Waals surface area contributed by atoms with Crippen molar-refractivity contribution >= 4 is 9.47 Å². The van der Waals surface area contributed by atoms with E-state index in [4.69, 9.17) is 4.52 Å². The van der Waals surface area contributed by atoms with Crippen LogP contribution >= 0.6 is 9.47 Å². The second kappa shape index (κ2) is 2.56. The first-order valence-electron chi connectivity index (χ1n) is 3.54. The van der Waals surface area contributed by atoms with Gasteiger partial charge in [-0.2, -0.15) is 0 Å². The van der Waals surface area contributed by atoms with E-state index in [9.17, 15) is 0 Å². The third-order valence-corrected chi connectivity index (χ3v) is 2.61. The maximum Gasteiger partial charge on any atom is 0.0558 e. The fourth-order valence-corrected chi connectivity index (χ4v) is 1.89. The SMILES string of the molecule is CCC1CC1(C)COP. The van der Waals surface area contributed by atoms with Crippen molar-refractivity contribution in [2.45, 2.75) is 26.7 Å². The topological polar surface area (TPSA) is 9.23 Å². The van der Waals surface area contributed by atoms with Gasteiger partial charge in [0, 0.05) is 9.47 Å². The molecule has 0 radical (unpaired) electrons. The maximum absolute atomic E-state index is 5.02. The van der Waals surface area contributed by atoms with Crippen LogP contribution in [0.2, 0.25) is 0 Å². The lowest BCUT2D eigenvalue weighted by Crippen LogP contribution is -2.03. The van der Waals surface area contributed by atoms with Crippen molar-refractivity contribution in [2.75, 3.05) is 6.61 Å². The molecule has 1 rings (SSSR count). The Morgan fingerprint density at radius 3 is 2.78 bits per heavy atom. The Bertz CT molecular complexity index is 105. The summed E-state index contributed by atoms with van der Waals surface area (Å²) in [6.07, 6.45) is 2.67. The summed E-state index contributed by atoms with van der Waals surface area (Å²) in [6, 6.07) is 0. The predicted octanol–water partition coefficient (Wildman–Crippen LogP) is 2.23. The zero-order chi connectivity index (χ0) is 6.91. The minimum atomic E-state index is 0.524. The van der Waals surface area contributed by atoms with E-state index in [-0.39, 0.29) is 0 Å². The lowest BCUT2D eigenvalue weighted by molar-refractivity contribution is 0.267. The molecule has 3 atom stereocenters. The molecule has 0 amide bonds. The van der Waals surface area contributed by atoms with Gasteiger partial charge in [0.15, 0.2) is 0 Å². The quantitative estimate of drug-likeness (QED) is 0.555. The Balaban J connectivity index is 2.25. The Kier molecular flexibility index (Phi) is 2.13. The fraction of sp³-hybridized carbons (Fsp3) is 1.00. The number of hydrogen-bond acceptors (Lipinski definition) is 1. The van der Waals surface area contributed by atoms with Crippen LogP contribution in [0.25, 0.3) is 0 Å². The zero-order valence-electron chi connectivity index (χ0n) is 6.18. The van der Waals surface area contributed by atoms with Crippen molar-refractivity contribution in [1.82, 2.24) is 0 Å². The standard InChI is InChI=1S/C7H15OP/c1-3-6-4-7(6,2)5-8-9/h6H,3-5,9H2,1-2H3. The number of rotatable bonds is 3. The second-order valence-electron chi connectivity index (χ2n) is 3.27. The van der Waals surface area contributed by atoms with Crippen molar-refractivity contribution in [2.24, 2.45) is 11.3 Å². The average Bonchev–Trinajstić information content (AvgIpc) is 2.43. The van der Waals surface area contributed by atoms with E-state index in [1.54, 1.807) is 0 Å². The summed E-state index contributed by atoms with van der Waals surface area (Å²) in [6.45, 7) is 5.46. The first kappa shape index (κ1) is 7.50. The molecular weight excluding hydrogens is 131 g/mol. The van der Waals surface area contributed by atoms with Crippen molar-refractivity contribution in [3.05, 3.63) is 0 Å². The van der Waals surface area contributed by atoms with Gasteiger partial charge in [-0.05, 0) is 17.8 Å². The van der Waals surface area contributed by atoms with Gasteiger partial charge in [-0.25, -0.2) is 0 Å². The zero-order valence-corrected chi connectivity index (χ0v) is 7.34. The fourth-order valence-electron chi connectivity index (χ4n) is 1.51. The summed E-state index contributed by atoms with van der Waals surface area (Å²) >= 11 is 0. The Hall–Kier alpha value is 0.390. The Morgan fingerprint density at radius 1 is 1.78 bits per heavy atom. The summed E-state index contributed by atoms with van der Waals surface area (Å²) in [5.74, 6) is 0.929. The lowest BCUT2D eigenvalue weighted by Gasteiger charge is -2.06. The molecule has 0 aliphatic heterocycles. The van der Waals surface area contributed by atoms with Crippen LogP contribution in [0.5, 0.6) is 0 Å². The first-order chi connectivity index (χ1) is 4.23. The molecule has 0 N–H and O–H groups in total. The molecule has 0 heterocycles. The van der Waals surface area contributed by atoms with Crippen LogP contribution in [-0.4, -0.2) is 6.61 Å². The highest BCUT2D eigenvalue weighted by atomic mass is 31.0. The van der Waals surface area contributed by atoms with Gasteiger partial charge >= 0.3 is 0 Å². The van der Waals surface area contributed by atoms with Gasteiger partial charge in [0.05, 0.1) is 6.61 Å². The van der Waals surface area contributed by atoms with Crippen LogP contribution in [-0.2, 0) is 4.52 Å². The van der Waals surface area contributed by atoms with Gasteiger partial charge in [0.2, 0.25) is 0 Å². The highest BCUT2D eigenvalue weighted by Crippen LogP contribution is 2.54. The van der Waals surface area contributed by atoms with Crippen LogP contribution in [0.15, 0.2) is 0 Å². The van der Waals surface area contributed by atoms with E-state index >= 15 is 0 Å². The molecule has 0 spiro atoms. The molecule has 3 unspecified atom stereocenters. The van der Waals surface area contributed by atoms with E-state index in [2.05, 4.69) is 23.3 Å². The normalized spacial score (nSPS) is 41.0. The van der Waals surface area contributed by atoms with Crippen LogP contribution in [0.4, 0.5) is 0 Å². The highest BCUT2D eigenvalue weighted by molar-refractivity contribution is 7.09. The molecule has 0 saturated heterocycles. The molecule has 9 heavy (non-hydrogen) atoms. The largest absolute Gasteiger partial charge is 0.365 e. The summed E-state index contributed by atoms with van der Waals surface area (Å²) < 4.78 is 5.02. The Labute approximate surface area is 59.5 Å². The van der Waals surface area contributed by atoms with E-state index in [0.29, 0.717) is 5.41 Å². The van der Waals surface area contributed by atoms with E-state index in [1.165, 1.54) is 12.8 Å². The van der Waals surface area contributed by atoms with E-state index < -0.39 is 0 Å². The number of hydrogen-bond donors (Lipinski definition) is 0. The molecule has 2 heteroatoms. The monoisotopic (exact) mass is 146 g/mol. The van der Waals surface area contributed by atoms with Gasteiger partial charge in [0.25, 0.3) is 0 Å². The van der Waals surface area contributed by atoms with Gasteiger partial charge < -0.3 is 4.52 Å². The first-order valence-corrected chi connectivity index (χ1v) is 4.02. The van der Waals surface area contributed by atoms with Crippen molar-refractivity contribution in [3.63, 3.8) is 0 Å². The molecule has 1 fully saturated rings. The van der Waals surface area contributed by atoms with Crippen LogP contribution in [0, 0.1) is 11.3 Å². The minimum absolute atomic E-state index is 0.524. The van der Waals surface area contributed by atoms with Gasteiger partial charge in [-0.1, -0.05) is 20.3 Å². The lowest BCUT2D eigenvalue weighted by atomic mass is 10.1. The van der Waals surface area contributed by atoms with Gasteiger partial charge in [0.1, 0.15) is 0 Å². The highest BCUT2D eigenvalue weighted by Gasteiger charge is 2.48.